The normalized spacial score (nSPS) is 11.0. The minimum atomic E-state index is -0.218. The van der Waals surface area contributed by atoms with Crippen LogP contribution in [0.4, 0.5) is 0 Å². The lowest BCUT2D eigenvalue weighted by Crippen LogP contribution is -2.20. The lowest BCUT2D eigenvalue weighted by Gasteiger charge is -2.07. The van der Waals surface area contributed by atoms with Gasteiger partial charge < -0.3 is 9.30 Å². The summed E-state index contributed by atoms with van der Waals surface area (Å²) in [6, 6.07) is 15.3. The molecule has 1 aromatic heterocycles. The van der Waals surface area contributed by atoms with Gasteiger partial charge in [-0.05, 0) is 36.8 Å². The minimum absolute atomic E-state index is 0.188. The molecule has 0 fully saturated rings. The quantitative estimate of drug-likeness (QED) is 0.304. The second-order valence-electron chi connectivity index (χ2n) is 5.92. The summed E-state index contributed by atoms with van der Waals surface area (Å²) in [5.41, 5.74) is 4.34. The third-order valence-electron chi connectivity index (χ3n) is 3.96. The fraction of sp³-hybridized carbons (Fsp3) is 0.200. The summed E-state index contributed by atoms with van der Waals surface area (Å²) >= 11 is 4.76. The number of methoxy groups -OCH3 is 1. The topological polar surface area (TPSA) is 81.4 Å². The zero-order valence-corrected chi connectivity index (χ0v) is 18.4. The molecule has 1 amide bonds. The zero-order valence-electron chi connectivity index (χ0n) is 16.0. The summed E-state index contributed by atoms with van der Waals surface area (Å²) < 4.78 is 8.15. The molecule has 0 saturated heterocycles. The SMILES string of the molecule is CCn1c(SCC(=O)NN=Cc2cccc(OC)c2)nnc1-c1ccc(Br)cc1. The molecule has 0 radical (unpaired) electrons. The van der Waals surface area contributed by atoms with E-state index < -0.39 is 0 Å². The molecule has 150 valence electrons. The van der Waals surface area contributed by atoms with Gasteiger partial charge in [-0.1, -0.05) is 52.0 Å². The van der Waals surface area contributed by atoms with Crippen molar-refractivity contribution in [1.82, 2.24) is 20.2 Å². The fourth-order valence-corrected chi connectivity index (χ4v) is 3.62. The highest BCUT2D eigenvalue weighted by atomic mass is 79.9. The van der Waals surface area contributed by atoms with E-state index in [0.29, 0.717) is 11.7 Å². The molecule has 0 aliphatic heterocycles. The van der Waals surface area contributed by atoms with E-state index >= 15 is 0 Å². The van der Waals surface area contributed by atoms with Crippen LogP contribution in [-0.2, 0) is 11.3 Å². The van der Waals surface area contributed by atoms with Crippen molar-refractivity contribution < 1.29 is 9.53 Å². The average molecular weight is 474 g/mol. The molecule has 2 aromatic carbocycles. The number of nitrogens with one attached hydrogen (secondary N) is 1. The number of carbonyl (C=O) groups excluding carboxylic acids is 1. The summed E-state index contributed by atoms with van der Waals surface area (Å²) in [5.74, 6) is 1.48. The minimum Gasteiger partial charge on any atom is -0.497 e. The Morgan fingerprint density at radius 2 is 2.07 bits per heavy atom. The van der Waals surface area contributed by atoms with Crippen molar-refractivity contribution in [1.29, 1.82) is 0 Å². The van der Waals surface area contributed by atoms with Gasteiger partial charge in [0.1, 0.15) is 5.75 Å². The molecule has 1 N–H and O–H groups in total. The lowest BCUT2D eigenvalue weighted by atomic mass is 10.2. The van der Waals surface area contributed by atoms with Crippen LogP contribution in [-0.4, -0.2) is 39.7 Å². The van der Waals surface area contributed by atoms with Crippen molar-refractivity contribution in [3.63, 3.8) is 0 Å². The van der Waals surface area contributed by atoms with Gasteiger partial charge in [0.2, 0.25) is 0 Å². The van der Waals surface area contributed by atoms with Crippen LogP contribution >= 0.6 is 27.7 Å². The van der Waals surface area contributed by atoms with Crippen LogP contribution in [0.25, 0.3) is 11.4 Å². The maximum absolute atomic E-state index is 12.1. The van der Waals surface area contributed by atoms with E-state index in [0.717, 1.165) is 27.2 Å². The monoisotopic (exact) mass is 473 g/mol. The number of rotatable bonds is 8. The molecule has 0 aliphatic rings. The van der Waals surface area contributed by atoms with Crippen molar-refractivity contribution in [3.8, 4) is 17.1 Å². The number of thioether (sulfide) groups is 1. The van der Waals surface area contributed by atoms with Gasteiger partial charge in [0.05, 0.1) is 19.1 Å². The molecular formula is C20H20BrN5O2S. The number of hydrogen-bond acceptors (Lipinski definition) is 6. The number of aromatic nitrogens is 3. The molecule has 0 unspecified atom stereocenters. The summed E-state index contributed by atoms with van der Waals surface area (Å²) in [5, 5.41) is 13.2. The van der Waals surface area contributed by atoms with E-state index in [1.165, 1.54) is 11.8 Å². The van der Waals surface area contributed by atoms with Gasteiger partial charge in [0, 0.05) is 16.6 Å². The van der Waals surface area contributed by atoms with E-state index in [1.54, 1.807) is 13.3 Å². The number of hydrazone groups is 1. The molecule has 0 atom stereocenters. The number of hydrogen-bond donors (Lipinski definition) is 1. The van der Waals surface area contributed by atoms with Crippen molar-refractivity contribution in [2.45, 2.75) is 18.6 Å². The molecular weight excluding hydrogens is 454 g/mol. The number of amides is 1. The third kappa shape index (κ3) is 5.68. The van der Waals surface area contributed by atoms with Crippen LogP contribution in [0.2, 0.25) is 0 Å². The molecule has 0 saturated carbocycles. The average Bonchev–Trinajstić information content (AvgIpc) is 3.16. The lowest BCUT2D eigenvalue weighted by molar-refractivity contribution is -0.118. The van der Waals surface area contributed by atoms with E-state index in [9.17, 15) is 4.79 Å². The molecule has 0 spiro atoms. The number of benzene rings is 2. The number of ether oxygens (including phenoxy) is 1. The van der Waals surface area contributed by atoms with E-state index in [1.807, 2.05) is 60.0 Å². The molecule has 3 aromatic rings. The van der Waals surface area contributed by atoms with Gasteiger partial charge >= 0.3 is 0 Å². The molecule has 0 bridgehead atoms. The largest absolute Gasteiger partial charge is 0.497 e. The Hall–Kier alpha value is -2.65. The van der Waals surface area contributed by atoms with Gasteiger partial charge in [0.25, 0.3) is 5.91 Å². The first-order valence-electron chi connectivity index (χ1n) is 8.88. The maximum Gasteiger partial charge on any atom is 0.250 e. The van der Waals surface area contributed by atoms with Gasteiger partial charge in [-0.15, -0.1) is 10.2 Å². The highest BCUT2D eigenvalue weighted by molar-refractivity contribution is 9.10. The first-order chi connectivity index (χ1) is 14.1. The van der Waals surface area contributed by atoms with Gasteiger partial charge in [-0.2, -0.15) is 5.10 Å². The second-order valence-corrected chi connectivity index (χ2v) is 7.77. The Labute approximate surface area is 181 Å². The summed E-state index contributed by atoms with van der Waals surface area (Å²) in [4.78, 5) is 12.1. The predicted molar refractivity (Wildman–Crippen MR) is 118 cm³/mol. The molecule has 29 heavy (non-hydrogen) atoms. The smallest absolute Gasteiger partial charge is 0.250 e. The molecule has 0 aliphatic carbocycles. The van der Waals surface area contributed by atoms with Crippen molar-refractivity contribution in [3.05, 3.63) is 58.6 Å². The van der Waals surface area contributed by atoms with Crippen LogP contribution in [0.5, 0.6) is 5.75 Å². The van der Waals surface area contributed by atoms with Gasteiger partial charge in [0.15, 0.2) is 11.0 Å². The highest BCUT2D eigenvalue weighted by Gasteiger charge is 2.14. The third-order valence-corrected chi connectivity index (χ3v) is 5.46. The summed E-state index contributed by atoms with van der Waals surface area (Å²) in [7, 11) is 1.60. The van der Waals surface area contributed by atoms with E-state index in [4.69, 9.17) is 4.74 Å². The van der Waals surface area contributed by atoms with Crippen molar-refractivity contribution in [2.24, 2.45) is 5.10 Å². The summed E-state index contributed by atoms with van der Waals surface area (Å²) in [6.45, 7) is 2.73. The van der Waals surface area contributed by atoms with E-state index in [-0.39, 0.29) is 11.7 Å². The predicted octanol–water partition coefficient (Wildman–Crippen LogP) is 3.98. The van der Waals surface area contributed by atoms with Crippen LogP contribution in [0.3, 0.4) is 0 Å². The van der Waals surface area contributed by atoms with Crippen molar-refractivity contribution in [2.75, 3.05) is 12.9 Å². The Morgan fingerprint density at radius 3 is 2.79 bits per heavy atom. The van der Waals surface area contributed by atoms with E-state index in [2.05, 4.69) is 36.7 Å². The first kappa shape index (κ1) is 21.1. The molecule has 7 nitrogen and oxygen atoms in total. The van der Waals surface area contributed by atoms with Crippen LogP contribution < -0.4 is 10.2 Å². The van der Waals surface area contributed by atoms with Gasteiger partial charge in [-0.25, -0.2) is 5.43 Å². The van der Waals surface area contributed by atoms with Crippen LogP contribution in [0, 0.1) is 0 Å². The van der Waals surface area contributed by atoms with Crippen LogP contribution in [0.1, 0.15) is 12.5 Å². The Balaban J connectivity index is 1.58. The second kappa shape index (κ2) is 10.2. The van der Waals surface area contributed by atoms with Gasteiger partial charge in [-0.3, -0.25) is 4.79 Å². The Kier molecular flexibility index (Phi) is 7.42. The number of halogens is 1. The van der Waals surface area contributed by atoms with Crippen LogP contribution in [0.15, 0.2) is 63.3 Å². The maximum atomic E-state index is 12.1. The Bertz CT molecular complexity index is 1000. The van der Waals surface area contributed by atoms with Crippen molar-refractivity contribution >= 4 is 39.8 Å². The molecule has 3 rings (SSSR count). The zero-order chi connectivity index (χ0) is 20.6. The standard InChI is InChI=1S/C20H20BrN5O2S/c1-3-26-19(15-7-9-16(21)10-8-15)24-25-20(26)29-13-18(27)23-22-12-14-5-4-6-17(11-14)28-2/h4-12H,3,13H2,1-2H3,(H,23,27). The summed E-state index contributed by atoms with van der Waals surface area (Å²) in [6.07, 6.45) is 1.57. The highest BCUT2D eigenvalue weighted by Crippen LogP contribution is 2.25. The number of nitrogens with zero attached hydrogens (tertiary/aromatic N) is 4. The number of carbonyl (C=O) groups is 1. The fourth-order valence-electron chi connectivity index (χ4n) is 2.56. The molecule has 9 heteroatoms. The molecule has 1 heterocycles. The first-order valence-corrected chi connectivity index (χ1v) is 10.7. The Morgan fingerprint density at radius 1 is 1.28 bits per heavy atom.